The van der Waals surface area contributed by atoms with Gasteiger partial charge < -0.3 is 5.11 Å². The van der Waals surface area contributed by atoms with Crippen LogP contribution in [-0.4, -0.2) is 21.3 Å². The first-order valence-corrected chi connectivity index (χ1v) is 3.71. The van der Waals surface area contributed by atoms with E-state index in [2.05, 4.69) is 10.2 Å². The van der Waals surface area contributed by atoms with E-state index in [-0.39, 0.29) is 15.9 Å². The molecule has 0 aliphatic rings. The molecular weight excluding hydrogens is 203 g/mol. The molecule has 0 unspecified atom stereocenters. The molecule has 1 aromatic heterocycles. The maximum atomic E-state index is 10.6. The second-order valence-electron chi connectivity index (χ2n) is 2.09. The SMILES string of the molecule is Cc1c(Cl)nnc(Cl)c1C(=O)O. The highest BCUT2D eigenvalue weighted by Crippen LogP contribution is 2.21. The Hall–Kier alpha value is -0.870. The summed E-state index contributed by atoms with van der Waals surface area (Å²) >= 11 is 11.0. The number of carbonyl (C=O) groups is 1. The van der Waals surface area contributed by atoms with Gasteiger partial charge in [-0.3, -0.25) is 0 Å². The molecule has 12 heavy (non-hydrogen) atoms. The zero-order valence-corrected chi connectivity index (χ0v) is 7.52. The monoisotopic (exact) mass is 206 g/mol. The lowest BCUT2D eigenvalue weighted by Gasteiger charge is -2.01. The van der Waals surface area contributed by atoms with Crippen LogP contribution in [0.3, 0.4) is 0 Å². The van der Waals surface area contributed by atoms with Gasteiger partial charge in [0.05, 0.1) is 0 Å². The van der Waals surface area contributed by atoms with Gasteiger partial charge in [-0.2, -0.15) is 0 Å². The molecule has 0 saturated carbocycles. The lowest BCUT2D eigenvalue weighted by molar-refractivity contribution is 0.0695. The Balaban J connectivity index is 3.43. The van der Waals surface area contributed by atoms with E-state index in [0.29, 0.717) is 5.56 Å². The number of carboxylic acids is 1. The highest BCUT2D eigenvalue weighted by molar-refractivity contribution is 6.34. The lowest BCUT2D eigenvalue weighted by Crippen LogP contribution is -2.04. The second-order valence-corrected chi connectivity index (χ2v) is 2.80. The number of halogens is 2. The normalized spacial score (nSPS) is 9.92. The zero-order chi connectivity index (χ0) is 9.30. The summed E-state index contributed by atoms with van der Waals surface area (Å²) in [5.74, 6) is -1.16. The molecule has 6 heteroatoms. The minimum atomic E-state index is -1.16. The number of hydrogen-bond acceptors (Lipinski definition) is 3. The summed E-state index contributed by atoms with van der Waals surface area (Å²) in [4.78, 5) is 10.6. The zero-order valence-electron chi connectivity index (χ0n) is 6.01. The van der Waals surface area contributed by atoms with Crippen LogP contribution in [0.1, 0.15) is 15.9 Å². The molecule has 0 atom stereocenters. The van der Waals surface area contributed by atoms with Crippen molar-refractivity contribution >= 4 is 29.2 Å². The van der Waals surface area contributed by atoms with Gasteiger partial charge in [-0.1, -0.05) is 23.2 Å². The van der Waals surface area contributed by atoms with Gasteiger partial charge >= 0.3 is 5.97 Å². The third-order valence-corrected chi connectivity index (χ3v) is 1.95. The Morgan fingerprint density at radius 1 is 1.33 bits per heavy atom. The first kappa shape index (κ1) is 9.22. The Kier molecular flexibility index (Phi) is 2.49. The Morgan fingerprint density at radius 2 is 1.83 bits per heavy atom. The average molecular weight is 207 g/mol. The van der Waals surface area contributed by atoms with Crippen molar-refractivity contribution < 1.29 is 9.90 Å². The van der Waals surface area contributed by atoms with Crippen molar-refractivity contribution in [3.63, 3.8) is 0 Å². The van der Waals surface area contributed by atoms with E-state index in [9.17, 15) is 4.79 Å². The van der Waals surface area contributed by atoms with E-state index in [1.165, 1.54) is 6.92 Å². The van der Waals surface area contributed by atoms with E-state index in [1.807, 2.05) is 0 Å². The summed E-state index contributed by atoms with van der Waals surface area (Å²) in [7, 11) is 0. The van der Waals surface area contributed by atoms with Gasteiger partial charge in [0.2, 0.25) is 0 Å². The van der Waals surface area contributed by atoms with Gasteiger partial charge in [-0.25, -0.2) is 4.79 Å². The first-order valence-electron chi connectivity index (χ1n) is 2.95. The topological polar surface area (TPSA) is 63.1 Å². The molecule has 0 amide bonds. The third kappa shape index (κ3) is 1.49. The molecule has 0 aromatic carbocycles. The lowest BCUT2D eigenvalue weighted by atomic mass is 10.2. The van der Waals surface area contributed by atoms with Crippen molar-refractivity contribution in [2.75, 3.05) is 0 Å². The van der Waals surface area contributed by atoms with Gasteiger partial charge in [0, 0.05) is 5.56 Å². The fourth-order valence-corrected chi connectivity index (χ4v) is 1.11. The first-order chi connectivity index (χ1) is 5.54. The van der Waals surface area contributed by atoms with Gasteiger partial charge in [0.25, 0.3) is 0 Å². The van der Waals surface area contributed by atoms with Gasteiger partial charge in [0.1, 0.15) is 5.56 Å². The molecule has 4 nitrogen and oxygen atoms in total. The highest BCUT2D eigenvalue weighted by atomic mass is 35.5. The Bertz CT molecular complexity index is 341. The molecule has 0 bridgehead atoms. The molecule has 1 rings (SSSR count). The van der Waals surface area contributed by atoms with E-state index in [4.69, 9.17) is 28.3 Å². The number of carboxylic acid groups (broad SMARTS) is 1. The molecule has 0 aliphatic heterocycles. The molecule has 1 aromatic rings. The van der Waals surface area contributed by atoms with Crippen molar-refractivity contribution in [1.82, 2.24) is 10.2 Å². The summed E-state index contributed by atoms with van der Waals surface area (Å²) in [5.41, 5.74) is 0.223. The summed E-state index contributed by atoms with van der Waals surface area (Å²) < 4.78 is 0. The van der Waals surface area contributed by atoms with Crippen LogP contribution in [0.15, 0.2) is 0 Å². The molecule has 0 aliphatic carbocycles. The number of aromatic carboxylic acids is 1. The Labute approximate surface area is 78.1 Å². The van der Waals surface area contributed by atoms with Crippen LogP contribution in [0.5, 0.6) is 0 Å². The van der Waals surface area contributed by atoms with Crippen LogP contribution < -0.4 is 0 Å². The molecule has 64 valence electrons. The van der Waals surface area contributed by atoms with E-state index < -0.39 is 5.97 Å². The second kappa shape index (κ2) is 3.25. The fraction of sp³-hybridized carbons (Fsp3) is 0.167. The van der Waals surface area contributed by atoms with Crippen LogP contribution in [0.2, 0.25) is 10.3 Å². The smallest absolute Gasteiger partial charge is 0.339 e. The molecule has 0 spiro atoms. The minimum absolute atomic E-state index is 0.0526. The third-order valence-electron chi connectivity index (χ3n) is 1.33. The molecule has 1 heterocycles. The maximum Gasteiger partial charge on any atom is 0.339 e. The largest absolute Gasteiger partial charge is 0.478 e. The predicted molar refractivity (Wildman–Crippen MR) is 43.7 cm³/mol. The number of aromatic nitrogens is 2. The summed E-state index contributed by atoms with van der Waals surface area (Å²) in [6, 6.07) is 0. The number of nitrogens with zero attached hydrogens (tertiary/aromatic N) is 2. The fourth-order valence-electron chi connectivity index (χ4n) is 0.719. The van der Waals surface area contributed by atoms with Crippen LogP contribution >= 0.6 is 23.2 Å². The quantitative estimate of drug-likeness (QED) is 0.762. The molecular formula is C6H4Cl2N2O2. The van der Waals surface area contributed by atoms with Crippen molar-refractivity contribution in [3.8, 4) is 0 Å². The minimum Gasteiger partial charge on any atom is -0.478 e. The predicted octanol–water partition coefficient (Wildman–Crippen LogP) is 1.79. The van der Waals surface area contributed by atoms with Crippen molar-refractivity contribution in [1.29, 1.82) is 0 Å². The summed E-state index contributed by atoms with van der Waals surface area (Å²) in [6.07, 6.45) is 0. The molecule has 0 radical (unpaired) electrons. The van der Waals surface area contributed by atoms with E-state index in [1.54, 1.807) is 0 Å². The van der Waals surface area contributed by atoms with E-state index >= 15 is 0 Å². The van der Waals surface area contributed by atoms with Crippen LogP contribution in [-0.2, 0) is 0 Å². The Morgan fingerprint density at radius 3 is 2.25 bits per heavy atom. The summed E-state index contributed by atoms with van der Waals surface area (Å²) in [5, 5.41) is 15.4. The number of rotatable bonds is 1. The summed E-state index contributed by atoms with van der Waals surface area (Å²) in [6.45, 7) is 1.52. The van der Waals surface area contributed by atoms with Crippen LogP contribution in [0.4, 0.5) is 0 Å². The van der Waals surface area contributed by atoms with Gasteiger partial charge in [-0.15, -0.1) is 10.2 Å². The molecule has 0 fully saturated rings. The standard InChI is InChI=1S/C6H4Cl2N2O2/c1-2-3(6(11)12)5(8)10-9-4(2)7/h1H3,(H,11,12). The van der Waals surface area contributed by atoms with Crippen LogP contribution in [0, 0.1) is 6.92 Å². The number of hydrogen-bond donors (Lipinski definition) is 1. The van der Waals surface area contributed by atoms with Crippen molar-refractivity contribution in [2.45, 2.75) is 6.92 Å². The van der Waals surface area contributed by atoms with Gasteiger partial charge in [-0.05, 0) is 6.92 Å². The maximum absolute atomic E-state index is 10.6. The van der Waals surface area contributed by atoms with Gasteiger partial charge in [0.15, 0.2) is 10.3 Å². The van der Waals surface area contributed by atoms with Crippen molar-refractivity contribution in [2.24, 2.45) is 0 Å². The molecule has 0 saturated heterocycles. The van der Waals surface area contributed by atoms with Crippen molar-refractivity contribution in [3.05, 3.63) is 21.4 Å². The molecule has 1 N–H and O–H groups in total. The van der Waals surface area contributed by atoms with E-state index in [0.717, 1.165) is 0 Å². The van der Waals surface area contributed by atoms with Crippen LogP contribution in [0.25, 0.3) is 0 Å². The average Bonchev–Trinajstić information content (AvgIpc) is 1.97. The highest BCUT2D eigenvalue weighted by Gasteiger charge is 2.16.